The highest BCUT2D eigenvalue weighted by atomic mass is 28.4. The number of hydrogen-bond acceptors (Lipinski definition) is 7. The molecule has 0 heterocycles. The van der Waals surface area contributed by atoms with Crippen LogP contribution in [0.4, 0.5) is 0 Å². The molecule has 0 saturated carbocycles. The minimum absolute atomic E-state index is 0.256. The van der Waals surface area contributed by atoms with E-state index in [9.17, 15) is 9.59 Å². The van der Waals surface area contributed by atoms with Crippen LogP contribution in [0.25, 0.3) is 0 Å². The summed E-state index contributed by atoms with van der Waals surface area (Å²) in [6, 6.07) is 0.746. The summed E-state index contributed by atoms with van der Waals surface area (Å²) in [5.41, 5.74) is 0. The van der Waals surface area contributed by atoms with Gasteiger partial charge in [0.2, 0.25) is 0 Å². The Bertz CT molecular complexity index is 332. The zero-order valence-corrected chi connectivity index (χ0v) is 16.6. The predicted octanol–water partition coefficient (Wildman–Crippen LogP) is 2.56. The normalized spacial score (nSPS) is 11.6. The maximum atomic E-state index is 11.9. The average Bonchev–Trinajstić information content (AvgIpc) is 2.58. The van der Waals surface area contributed by atoms with E-state index in [1.54, 1.807) is 35.2 Å². The van der Waals surface area contributed by atoms with Gasteiger partial charge in [-0.05, 0) is 26.7 Å². The van der Waals surface area contributed by atoms with E-state index in [0.717, 1.165) is 31.7 Å². The molecule has 8 heteroatoms. The van der Waals surface area contributed by atoms with E-state index in [1.165, 1.54) is 0 Å². The summed E-state index contributed by atoms with van der Waals surface area (Å²) in [6.45, 7) is 3.95. The Labute approximate surface area is 146 Å². The number of esters is 2. The van der Waals surface area contributed by atoms with Crippen LogP contribution >= 0.6 is 0 Å². The first-order valence-corrected chi connectivity index (χ1v) is 10.4. The molecule has 0 rings (SSSR count). The van der Waals surface area contributed by atoms with Crippen LogP contribution in [0.2, 0.25) is 6.04 Å². The Kier molecular flexibility index (Phi) is 12.8. The third kappa shape index (κ3) is 8.23. The Balaban J connectivity index is 4.19. The molecule has 0 unspecified atom stereocenters. The molecule has 0 amide bonds. The summed E-state index contributed by atoms with van der Waals surface area (Å²) in [5, 5.41) is 0. The lowest BCUT2D eigenvalue weighted by atomic mass is 10.0. The smallest absolute Gasteiger partial charge is 0.465 e. The zero-order valence-electron chi connectivity index (χ0n) is 15.6. The van der Waals surface area contributed by atoms with Crippen LogP contribution in [-0.2, 0) is 32.3 Å². The molecule has 7 nitrogen and oxygen atoms in total. The standard InChI is InChI=1S/C16H32O7Si/c1-6-22-15(17)14(16(18)23-7-2)12-10-8-9-11-13-24(19-3,20-4)21-5/h14H,6-13H2,1-5H3. The molecule has 0 aliphatic rings. The van der Waals surface area contributed by atoms with Crippen molar-refractivity contribution in [1.82, 2.24) is 0 Å². The van der Waals surface area contributed by atoms with Gasteiger partial charge in [-0.2, -0.15) is 0 Å². The third-order valence-corrected chi connectivity index (χ3v) is 6.63. The van der Waals surface area contributed by atoms with Crippen molar-refractivity contribution in [1.29, 1.82) is 0 Å². The number of carbonyl (C=O) groups is 2. The highest BCUT2D eigenvalue weighted by Crippen LogP contribution is 2.19. The molecule has 0 fully saturated rings. The molecule has 0 radical (unpaired) electrons. The molecular weight excluding hydrogens is 332 g/mol. The lowest BCUT2D eigenvalue weighted by Gasteiger charge is -2.24. The average molecular weight is 365 g/mol. The van der Waals surface area contributed by atoms with Gasteiger partial charge >= 0.3 is 20.7 Å². The fraction of sp³-hybridized carbons (Fsp3) is 0.875. The van der Waals surface area contributed by atoms with Crippen LogP contribution in [0.1, 0.15) is 46.0 Å². The van der Waals surface area contributed by atoms with Gasteiger partial charge in [-0.3, -0.25) is 9.59 Å². The topological polar surface area (TPSA) is 80.3 Å². The van der Waals surface area contributed by atoms with Gasteiger partial charge in [0, 0.05) is 27.4 Å². The van der Waals surface area contributed by atoms with E-state index < -0.39 is 26.7 Å². The highest BCUT2D eigenvalue weighted by molar-refractivity contribution is 6.60. The SMILES string of the molecule is CCOC(=O)C(CCCCCC[Si](OC)(OC)OC)C(=O)OCC. The van der Waals surface area contributed by atoms with E-state index in [2.05, 4.69) is 0 Å². The Morgan fingerprint density at radius 3 is 1.67 bits per heavy atom. The van der Waals surface area contributed by atoms with E-state index >= 15 is 0 Å². The minimum Gasteiger partial charge on any atom is -0.465 e. The zero-order chi connectivity index (χ0) is 18.4. The van der Waals surface area contributed by atoms with Crippen molar-refractivity contribution in [2.75, 3.05) is 34.5 Å². The first-order chi connectivity index (χ1) is 11.5. The fourth-order valence-corrected chi connectivity index (χ4v) is 4.21. The van der Waals surface area contributed by atoms with Gasteiger partial charge in [-0.15, -0.1) is 0 Å². The van der Waals surface area contributed by atoms with Crippen molar-refractivity contribution in [2.45, 2.75) is 52.0 Å². The lowest BCUT2D eigenvalue weighted by Crippen LogP contribution is -2.42. The second-order valence-corrected chi connectivity index (χ2v) is 8.40. The first-order valence-electron chi connectivity index (χ1n) is 8.48. The maximum absolute atomic E-state index is 11.9. The van der Waals surface area contributed by atoms with Gasteiger partial charge in [-0.1, -0.05) is 19.3 Å². The largest absolute Gasteiger partial charge is 0.500 e. The molecule has 0 atom stereocenters. The second-order valence-electron chi connectivity index (χ2n) is 5.30. The van der Waals surface area contributed by atoms with Gasteiger partial charge in [0.05, 0.1) is 13.2 Å². The van der Waals surface area contributed by atoms with Crippen LogP contribution in [-0.4, -0.2) is 55.3 Å². The molecule has 0 spiro atoms. The maximum Gasteiger partial charge on any atom is 0.500 e. The monoisotopic (exact) mass is 364 g/mol. The third-order valence-electron chi connectivity index (χ3n) is 3.80. The fourth-order valence-electron chi connectivity index (χ4n) is 2.42. The molecule has 0 aromatic rings. The lowest BCUT2D eigenvalue weighted by molar-refractivity contribution is -0.161. The minimum atomic E-state index is -2.50. The molecule has 0 aromatic heterocycles. The molecule has 0 bridgehead atoms. The molecule has 0 saturated heterocycles. The number of unbranched alkanes of at least 4 members (excludes halogenated alkanes) is 3. The number of hydrogen-bond donors (Lipinski definition) is 0. The second kappa shape index (κ2) is 13.3. The quantitative estimate of drug-likeness (QED) is 0.203. The summed E-state index contributed by atoms with van der Waals surface area (Å²) in [6.07, 6.45) is 3.95. The van der Waals surface area contributed by atoms with E-state index in [0.29, 0.717) is 6.42 Å². The summed E-state index contributed by atoms with van der Waals surface area (Å²) in [7, 11) is 2.29. The Morgan fingerprint density at radius 2 is 1.25 bits per heavy atom. The Hall–Kier alpha value is -0.963. The van der Waals surface area contributed by atoms with Crippen molar-refractivity contribution in [2.24, 2.45) is 5.92 Å². The molecule has 0 aromatic carbocycles. The van der Waals surface area contributed by atoms with Gasteiger partial charge in [0.1, 0.15) is 0 Å². The van der Waals surface area contributed by atoms with Crippen molar-refractivity contribution >= 4 is 20.7 Å². The molecule has 142 valence electrons. The van der Waals surface area contributed by atoms with Crippen molar-refractivity contribution in [3.63, 3.8) is 0 Å². The molecule has 0 aliphatic carbocycles. The van der Waals surface area contributed by atoms with Gasteiger partial charge < -0.3 is 22.8 Å². The number of ether oxygens (including phenoxy) is 2. The van der Waals surface area contributed by atoms with Crippen LogP contribution in [0.5, 0.6) is 0 Å². The number of rotatable bonds is 14. The molecule has 0 aliphatic heterocycles. The van der Waals surface area contributed by atoms with E-state index in [4.69, 9.17) is 22.8 Å². The summed E-state index contributed by atoms with van der Waals surface area (Å²) in [4.78, 5) is 23.7. The predicted molar refractivity (Wildman–Crippen MR) is 91.4 cm³/mol. The van der Waals surface area contributed by atoms with Gasteiger partial charge in [-0.25, -0.2) is 0 Å². The number of carbonyl (C=O) groups excluding carboxylic acids is 2. The van der Waals surface area contributed by atoms with E-state index in [1.807, 2.05) is 0 Å². The van der Waals surface area contributed by atoms with Crippen molar-refractivity contribution < 1.29 is 32.3 Å². The van der Waals surface area contributed by atoms with Crippen molar-refractivity contribution in [3.8, 4) is 0 Å². The molecule has 24 heavy (non-hydrogen) atoms. The first kappa shape index (κ1) is 23.0. The van der Waals surface area contributed by atoms with Crippen LogP contribution in [0, 0.1) is 5.92 Å². The van der Waals surface area contributed by atoms with Gasteiger partial charge in [0.15, 0.2) is 5.92 Å². The summed E-state index contributed by atoms with van der Waals surface area (Å²) in [5.74, 6) is -1.82. The summed E-state index contributed by atoms with van der Waals surface area (Å²) >= 11 is 0. The van der Waals surface area contributed by atoms with Crippen LogP contribution in [0.15, 0.2) is 0 Å². The van der Waals surface area contributed by atoms with Crippen molar-refractivity contribution in [3.05, 3.63) is 0 Å². The van der Waals surface area contributed by atoms with E-state index in [-0.39, 0.29) is 13.2 Å². The van der Waals surface area contributed by atoms with Crippen LogP contribution < -0.4 is 0 Å². The van der Waals surface area contributed by atoms with Crippen LogP contribution in [0.3, 0.4) is 0 Å². The van der Waals surface area contributed by atoms with Gasteiger partial charge in [0.25, 0.3) is 0 Å². The molecular formula is C16H32O7Si. The highest BCUT2D eigenvalue weighted by Gasteiger charge is 2.36. The Morgan fingerprint density at radius 1 is 0.792 bits per heavy atom. The molecule has 0 N–H and O–H groups in total. The summed E-state index contributed by atoms with van der Waals surface area (Å²) < 4.78 is 26.0.